The Bertz CT molecular complexity index is 319. The first-order valence-electron chi connectivity index (χ1n) is 4.80. The van der Waals surface area contributed by atoms with Crippen molar-refractivity contribution >= 4 is 11.6 Å². The fourth-order valence-corrected chi connectivity index (χ4v) is 1.94. The Kier molecular flexibility index (Phi) is 3.50. The molecule has 1 saturated heterocycles. The zero-order valence-corrected chi connectivity index (χ0v) is 9.22. The van der Waals surface area contributed by atoms with Crippen molar-refractivity contribution in [3.63, 3.8) is 0 Å². The first kappa shape index (κ1) is 10.8. The van der Waals surface area contributed by atoms with Crippen LogP contribution in [0.5, 0.6) is 0 Å². The van der Waals surface area contributed by atoms with Crippen LogP contribution in [0.3, 0.4) is 0 Å². The lowest BCUT2D eigenvalue weighted by Gasteiger charge is -2.30. The monoisotopic (exact) mass is 232 g/mol. The van der Waals surface area contributed by atoms with Gasteiger partial charge >= 0.3 is 0 Å². The third-order valence-corrected chi connectivity index (χ3v) is 2.81. The maximum atomic E-state index is 5.75. The van der Waals surface area contributed by atoms with Gasteiger partial charge in [0.05, 0.1) is 18.5 Å². The highest BCUT2D eigenvalue weighted by Crippen LogP contribution is 2.23. The van der Waals surface area contributed by atoms with Gasteiger partial charge in [-0.3, -0.25) is 0 Å². The summed E-state index contributed by atoms with van der Waals surface area (Å²) in [7, 11) is 1.66. The molecule has 2 atom stereocenters. The van der Waals surface area contributed by atoms with Crippen LogP contribution in [0.2, 0.25) is 0 Å². The maximum Gasteiger partial charge on any atom is 0.166 e. The smallest absolute Gasteiger partial charge is 0.166 e. The van der Waals surface area contributed by atoms with Crippen LogP contribution in [0.15, 0.2) is 0 Å². The molecule has 1 aromatic heterocycles. The SMILES string of the molecule is COC1COCCC1n1nnnc1CCl. The number of rotatable bonds is 3. The largest absolute Gasteiger partial charge is 0.379 e. The molecule has 0 bridgehead atoms. The number of nitrogens with zero attached hydrogens (tertiary/aromatic N) is 4. The van der Waals surface area contributed by atoms with Crippen LogP contribution >= 0.6 is 11.6 Å². The lowest BCUT2D eigenvalue weighted by atomic mass is 10.1. The number of tetrazole rings is 1. The highest BCUT2D eigenvalue weighted by Gasteiger charge is 2.29. The number of halogens is 1. The molecule has 1 fully saturated rings. The molecule has 6 nitrogen and oxygen atoms in total. The van der Waals surface area contributed by atoms with Gasteiger partial charge in [0.25, 0.3) is 0 Å². The van der Waals surface area contributed by atoms with Crippen LogP contribution in [0.25, 0.3) is 0 Å². The zero-order chi connectivity index (χ0) is 10.7. The summed E-state index contributed by atoms with van der Waals surface area (Å²) in [6.07, 6.45) is 0.831. The number of methoxy groups -OCH3 is 1. The minimum Gasteiger partial charge on any atom is -0.379 e. The topological polar surface area (TPSA) is 62.1 Å². The van der Waals surface area contributed by atoms with Crippen LogP contribution in [0.4, 0.5) is 0 Å². The van der Waals surface area contributed by atoms with E-state index >= 15 is 0 Å². The Labute approximate surface area is 92.5 Å². The van der Waals surface area contributed by atoms with Gasteiger partial charge in [-0.05, 0) is 16.8 Å². The molecule has 0 aliphatic carbocycles. The minimum atomic E-state index is -0.00998. The number of hydrogen-bond donors (Lipinski definition) is 0. The summed E-state index contributed by atoms with van der Waals surface area (Å²) in [5.41, 5.74) is 0. The zero-order valence-electron chi connectivity index (χ0n) is 8.47. The van der Waals surface area contributed by atoms with Gasteiger partial charge in [0.1, 0.15) is 6.10 Å². The molecule has 1 aliphatic rings. The molecular weight excluding hydrogens is 220 g/mol. The lowest BCUT2D eigenvalue weighted by molar-refractivity contribution is -0.0639. The average molecular weight is 233 g/mol. The van der Waals surface area contributed by atoms with E-state index in [0.717, 1.165) is 6.42 Å². The van der Waals surface area contributed by atoms with E-state index in [1.54, 1.807) is 11.8 Å². The first-order chi connectivity index (χ1) is 7.36. The van der Waals surface area contributed by atoms with Crippen molar-refractivity contribution in [2.75, 3.05) is 20.3 Å². The highest BCUT2D eigenvalue weighted by molar-refractivity contribution is 6.16. The molecule has 0 saturated carbocycles. The Morgan fingerprint density at radius 3 is 3.27 bits per heavy atom. The quantitative estimate of drug-likeness (QED) is 0.706. The summed E-state index contributed by atoms with van der Waals surface area (Å²) in [5.74, 6) is 0.978. The maximum absolute atomic E-state index is 5.75. The van der Waals surface area contributed by atoms with Crippen LogP contribution < -0.4 is 0 Å². The van der Waals surface area contributed by atoms with E-state index in [9.17, 15) is 0 Å². The van der Waals surface area contributed by atoms with E-state index in [1.807, 2.05) is 0 Å². The van der Waals surface area contributed by atoms with Crippen molar-refractivity contribution in [3.8, 4) is 0 Å². The average Bonchev–Trinajstić information content (AvgIpc) is 2.76. The van der Waals surface area contributed by atoms with Crippen LogP contribution in [0, 0.1) is 0 Å². The van der Waals surface area contributed by atoms with Gasteiger partial charge in [0.2, 0.25) is 0 Å². The van der Waals surface area contributed by atoms with Crippen molar-refractivity contribution in [2.45, 2.75) is 24.4 Å². The molecule has 15 heavy (non-hydrogen) atoms. The molecule has 0 radical (unpaired) electrons. The Hall–Kier alpha value is -0.720. The van der Waals surface area contributed by atoms with Crippen LogP contribution in [-0.4, -0.2) is 46.6 Å². The standard InChI is InChI=1S/C8H13ClN4O2/c1-14-7-5-15-3-2-6(7)13-8(4-9)10-11-12-13/h6-7H,2-5H2,1H3. The van der Waals surface area contributed by atoms with Gasteiger partial charge in [0.15, 0.2) is 5.82 Å². The van der Waals surface area contributed by atoms with Crippen LogP contribution in [0.1, 0.15) is 18.3 Å². The van der Waals surface area contributed by atoms with Crippen LogP contribution in [-0.2, 0) is 15.4 Å². The van der Waals surface area contributed by atoms with Crippen molar-refractivity contribution in [3.05, 3.63) is 5.82 Å². The Morgan fingerprint density at radius 2 is 2.53 bits per heavy atom. The Balaban J connectivity index is 2.20. The Morgan fingerprint density at radius 1 is 1.67 bits per heavy atom. The molecule has 7 heteroatoms. The highest BCUT2D eigenvalue weighted by atomic mass is 35.5. The van der Waals surface area contributed by atoms with E-state index in [0.29, 0.717) is 24.9 Å². The molecule has 0 spiro atoms. The third kappa shape index (κ3) is 2.11. The van der Waals surface area contributed by atoms with Crippen molar-refractivity contribution in [1.29, 1.82) is 0 Å². The second-order valence-corrected chi connectivity index (χ2v) is 3.65. The molecule has 2 rings (SSSR count). The predicted octanol–water partition coefficient (Wildman–Crippen LogP) is 0.388. The van der Waals surface area contributed by atoms with Gasteiger partial charge in [0, 0.05) is 13.7 Å². The fraction of sp³-hybridized carbons (Fsp3) is 0.875. The van der Waals surface area contributed by atoms with Gasteiger partial charge in [-0.1, -0.05) is 0 Å². The summed E-state index contributed by atoms with van der Waals surface area (Å²) in [4.78, 5) is 0. The minimum absolute atomic E-state index is 0.00998. The third-order valence-electron chi connectivity index (χ3n) is 2.57. The predicted molar refractivity (Wildman–Crippen MR) is 52.6 cm³/mol. The number of alkyl halides is 1. The fourth-order valence-electron chi connectivity index (χ4n) is 1.76. The van der Waals surface area contributed by atoms with E-state index in [-0.39, 0.29) is 12.1 Å². The second kappa shape index (κ2) is 4.87. The van der Waals surface area contributed by atoms with E-state index in [2.05, 4.69) is 15.5 Å². The molecular formula is C8H13ClN4O2. The normalized spacial score (nSPS) is 26.8. The van der Waals surface area contributed by atoms with E-state index in [4.69, 9.17) is 21.1 Å². The molecule has 0 amide bonds. The van der Waals surface area contributed by atoms with Gasteiger partial charge in [-0.15, -0.1) is 16.7 Å². The van der Waals surface area contributed by atoms with E-state index in [1.165, 1.54) is 0 Å². The van der Waals surface area contributed by atoms with E-state index < -0.39 is 0 Å². The summed E-state index contributed by atoms with van der Waals surface area (Å²) < 4.78 is 12.4. The lowest BCUT2D eigenvalue weighted by Crippen LogP contribution is -2.37. The summed E-state index contributed by atoms with van der Waals surface area (Å²) >= 11 is 5.75. The first-order valence-corrected chi connectivity index (χ1v) is 5.33. The molecule has 84 valence electrons. The van der Waals surface area contributed by atoms with Gasteiger partial charge in [-0.25, -0.2) is 4.68 Å². The second-order valence-electron chi connectivity index (χ2n) is 3.38. The molecule has 0 N–H and O–H groups in total. The van der Waals surface area contributed by atoms with Gasteiger partial charge < -0.3 is 9.47 Å². The molecule has 2 unspecified atom stereocenters. The van der Waals surface area contributed by atoms with Gasteiger partial charge in [-0.2, -0.15) is 0 Å². The molecule has 1 aliphatic heterocycles. The van der Waals surface area contributed by atoms with Crippen molar-refractivity contribution in [1.82, 2.24) is 20.2 Å². The van der Waals surface area contributed by atoms with Crippen molar-refractivity contribution < 1.29 is 9.47 Å². The summed E-state index contributed by atoms with van der Waals surface area (Å²) in [6.45, 7) is 1.27. The van der Waals surface area contributed by atoms with Crippen molar-refractivity contribution in [2.24, 2.45) is 0 Å². The molecule has 1 aromatic rings. The summed E-state index contributed by atoms with van der Waals surface area (Å²) in [5, 5.41) is 11.4. The number of hydrogen-bond acceptors (Lipinski definition) is 5. The summed E-state index contributed by atoms with van der Waals surface area (Å²) in [6, 6.07) is 0.118. The number of ether oxygens (including phenoxy) is 2. The number of aromatic nitrogens is 4. The molecule has 0 aromatic carbocycles. The molecule has 2 heterocycles.